The maximum absolute atomic E-state index is 9.92. The number of aliphatic imine (C=N–C) groups is 1. The highest BCUT2D eigenvalue weighted by atomic mass is 16.3. The molecule has 0 saturated carbocycles. The van der Waals surface area contributed by atoms with Gasteiger partial charge in [-0.15, -0.1) is 0 Å². The van der Waals surface area contributed by atoms with E-state index in [1.54, 1.807) is 18.2 Å². The topological polar surface area (TPSA) is 121 Å². The third-order valence-corrected chi connectivity index (χ3v) is 3.01. The summed E-state index contributed by atoms with van der Waals surface area (Å²) in [5.41, 5.74) is 11.3. The second-order valence-corrected chi connectivity index (χ2v) is 4.22. The first-order chi connectivity index (χ1) is 9.08. The van der Waals surface area contributed by atoms with E-state index in [0.29, 0.717) is 10.7 Å². The van der Waals surface area contributed by atoms with Gasteiger partial charge >= 0.3 is 0 Å². The zero-order valence-electron chi connectivity index (χ0n) is 9.88. The lowest BCUT2D eigenvalue weighted by atomic mass is 10.1. The van der Waals surface area contributed by atoms with E-state index >= 15 is 0 Å². The number of phenols is 1. The number of nitrogens with zero attached hydrogens (tertiary/aromatic N) is 1. The third kappa shape index (κ3) is 1.61. The zero-order valence-corrected chi connectivity index (χ0v) is 9.88. The smallest absolute Gasteiger partial charge is 0.239 e. The highest BCUT2D eigenvalue weighted by molar-refractivity contribution is 6.12. The number of aromatic amines is 1. The van der Waals surface area contributed by atoms with Crippen LogP contribution >= 0.6 is 0 Å². The van der Waals surface area contributed by atoms with E-state index in [1.165, 1.54) is 0 Å². The van der Waals surface area contributed by atoms with Crippen molar-refractivity contribution < 1.29 is 10.2 Å². The third-order valence-electron chi connectivity index (χ3n) is 3.01. The van der Waals surface area contributed by atoms with Crippen LogP contribution < -0.4 is 16.8 Å². The molecule has 0 saturated heterocycles. The van der Waals surface area contributed by atoms with Crippen molar-refractivity contribution in [1.82, 2.24) is 4.98 Å². The summed E-state index contributed by atoms with van der Waals surface area (Å²) in [6.45, 7) is 0. The van der Waals surface area contributed by atoms with Crippen LogP contribution in [-0.4, -0.2) is 21.2 Å². The minimum Gasteiger partial charge on any atom is -0.507 e. The van der Waals surface area contributed by atoms with E-state index in [0.717, 1.165) is 16.3 Å². The van der Waals surface area contributed by atoms with Crippen LogP contribution in [0.15, 0.2) is 35.3 Å². The average Bonchev–Trinajstić information content (AvgIpc) is 2.73. The van der Waals surface area contributed by atoms with Crippen molar-refractivity contribution in [2.75, 3.05) is 0 Å². The molecular formula is C13H12N4O2. The number of phenolic OH excluding ortho intramolecular Hbond substituents is 1. The zero-order chi connectivity index (χ0) is 13.6. The van der Waals surface area contributed by atoms with Crippen LogP contribution in [0, 0.1) is 0 Å². The van der Waals surface area contributed by atoms with Gasteiger partial charge in [-0.3, -0.25) is 0 Å². The lowest BCUT2D eigenvalue weighted by Gasteiger charge is -2.00. The van der Waals surface area contributed by atoms with Gasteiger partial charge in [0.15, 0.2) is 5.96 Å². The van der Waals surface area contributed by atoms with Crippen molar-refractivity contribution in [3.63, 3.8) is 0 Å². The van der Waals surface area contributed by atoms with Gasteiger partial charge in [0.1, 0.15) is 11.1 Å². The molecule has 0 fully saturated rings. The molecule has 19 heavy (non-hydrogen) atoms. The fourth-order valence-electron chi connectivity index (χ4n) is 2.26. The largest absolute Gasteiger partial charge is 0.507 e. The minimum atomic E-state index is -0.289. The van der Waals surface area contributed by atoms with Crippen molar-refractivity contribution in [3.8, 4) is 5.75 Å². The SMILES string of the molecule is NC(N)=NC(O)=c1[nH]c2cccc3c(O)ccc1c23. The number of aliphatic hydroxyl groups excluding tert-OH is 1. The van der Waals surface area contributed by atoms with E-state index in [2.05, 4.69) is 9.98 Å². The maximum Gasteiger partial charge on any atom is 0.239 e. The fraction of sp³-hybridized carbons (Fsp3) is 0. The van der Waals surface area contributed by atoms with Crippen LogP contribution in [0.3, 0.4) is 0 Å². The number of rotatable bonds is 1. The molecule has 0 spiro atoms. The van der Waals surface area contributed by atoms with Crippen LogP contribution in [-0.2, 0) is 0 Å². The number of aromatic hydroxyl groups is 1. The second kappa shape index (κ2) is 3.81. The van der Waals surface area contributed by atoms with Gasteiger partial charge in [0, 0.05) is 21.7 Å². The Balaban J connectivity index is 2.54. The quantitative estimate of drug-likeness (QED) is 0.324. The normalized spacial score (nSPS) is 12.8. The van der Waals surface area contributed by atoms with Crippen LogP contribution in [0.25, 0.3) is 27.6 Å². The average molecular weight is 256 g/mol. The van der Waals surface area contributed by atoms with Crippen molar-refractivity contribution in [2.24, 2.45) is 16.5 Å². The summed E-state index contributed by atoms with van der Waals surface area (Å²) in [7, 11) is 0. The molecule has 0 aliphatic carbocycles. The van der Waals surface area contributed by atoms with Gasteiger partial charge in [-0.2, -0.15) is 4.99 Å². The van der Waals surface area contributed by atoms with E-state index in [-0.39, 0.29) is 17.6 Å². The van der Waals surface area contributed by atoms with Gasteiger partial charge in [-0.25, -0.2) is 0 Å². The number of nitrogens with two attached hydrogens (primary N) is 2. The number of guanidine groups is 1. The number of hydrogen-bond acceptors (Lipinski definition) is 3. The number of aromatic nitrogens is 1. The highest BCUT2D eigenvalue weighted by Gasteiger charge is 2.11. The van der Waals surface area contributed by atoms with Crippen molar-refractivity contribution in [1.29, 1.82) is 0 Å². The van der Waals surface area contributed by atoms with Gasteiger partial charge in [0.25, 0.3) is 0 Å². The van der Waals surface area contributed by atoms with Gasteiger partial charge in [0.05, 0.1) is 0 Å². The minimum absolute atomic E-state index is 0.185. The van der Waals surface area contributed by atoms with Gasteiger partial charge < -0.3 is 26.7 Å². The number of nitrogens with one attached hydrogen (secondary N) is 1. The highest BCUT2D eigenvalue weighted by Crippen LogP contribution is 2.30. The van der Waals surface area contributed by atoms with Gasteiger partial charge in [-0.1, -0.05) is 12.1 Å². The van der Waals surface area contributed by atoms with E-state index < -0.39 is 0 Å². The summed E-state index contributed by atoms with van der Waals surface area (Å²) >= 11 is 0. The van der Waals surface area contributed by atoms with Gasteiger partial charge in [-0.05, 0) is 18.2 Å². The van der Waals surface area contributed by atoms with Crippen LogP contribution in [0.5, 0.6) is 5.75 Å². The predicted octanol–water partition coefficient (Wildman–Crippen LogP) is 0.643. The molecule has 0 radical (unpaired) electrons. The van der Waals surface area contributed by atoms with Crippen LogP contribution in [0.2, 0.25) is 0 Å². The Morgan fingerprint density at radius 3 is 2.63 bits per heavy atom. The molecule has 0 atom stereocenters. The Bertz CT molecular complexity index is 860. The molecule has 2 aromatic carbocycles. The summed E-state index contributed by atoms with van der Waals surface area (Å²) in [5, 5.41) is 22.5. The monoisotopic (exact) mass is 256 g/mol. The summed E-state index contributed by atoms with van der Waals surface area (Å²) < 4.78 is 0. The summed E-state index contributed by atoms with van der Waals surface area (Å²) in [6, 6.07) is 8.74. The Morgan fingerprint density at radius 1 is 1.11 bits per heavy atom. The molecule has 7 N–H and O–H groups in total. The lowest BCUT2D eigenvalue weighted by Crippen LogP contribution is -2.23. The van der Waals surface area contributed by atoms with E-state index in [1.807, 2.05) is 12.1 Å². The predicted molar refractivity (Wildman–Crippen MR) is 74.5 cm³/mol. The Morgan fingerprint density at radius 2 is 1.89 bits per heavy atom. The Kier molecular flexibility index (Phi) is 2.25. The Hall–Kier alpha value is -2.89. The summed E-state index contributed by atoms with van der Waals surface area (Å²) in [4.78, 5) is 6.67. The first kappa shape index (κ1) is 11.2. The molecule has 6 nitrogen and oxygen atoms in total. The summed E-state index contributed by atoms with van der Waals surface area (Å²) in [5.74, 6) is -0.328. The van der Waals surface area contributed by atoms with Crippen LogP contribution in [0.4, 0.5) is 0 Å². The van der Waals surface area contributed by atoms with E-state index in [9.17, 15) is 10.2 Å². The second-order valence-electron chi connectivity index (χ2n) is 4.22. The Labute approximate surface area is 107 Å². The maximum atomic E-state index is 9.92. The van der Waals surface area contributed by atoms with Gasteiger partial charge in [0.2, 0.25) is 5.88 Å². The molecular weight excluding hydrogens is 244 g/mol. The molecule has 1 heterocycles. The summed E-state index contributed by atoms with van der Waals surface area (Å²) in [6.07, 6.45) is 0. The number of benzene rings is 2. The number of aliphatic hydroxyl groups is 1. The molecule has 0 aliphatic heterocycles. The van der Waals surface area contributed by atoms with Crippen molar-refractivity contribution in [2.45, 2.75) is 0 Å². The number of H-pyrrole nitrogens is 1. The molecule has 0 bridgehead atoms. The molecule has 96 valence electrons. The molecule has 3 aromatic rings. The lowest BCUT2D eigenvalue weighted by molar-refractivity contribution is 0.481. The van der Waals surface area contributed by atoms with Crippen molar-refractivity contribution in [3.05, 3.63) is 35.7 Å². The molecule has 6 heteroatoms. The molecule has 1 aromatic heterocycles. The fourth-order valence-corrected chi connectivity index (χ4v) is 2.26. The molecule has 3 rings (SSSR count). The molecule has 0 amide bonds. The van der Waals surface area contributed by atoms with E-state index in [4.69, 9.17) is 11.5 Å². The standard InChI is InChI=1S/C13H12N4O2/c14-13(15)17-12(19)11-7-4-5-9(18)6-2-1-3-8(16-11)10(6)7/h1-5,16,18-19H,(H4,14,15,17). The van der Waals surface area contributed by atoms with Crippen molar-refractivity contribution >= 4 is 33.5 Å². The molecule has 0 aliphatic rings. The number of hydrogen-bond donors (Lipinski definition) is 5. The molecule has 0 unspecified atom stereocenters. The first-order valence-corrected chi connectivity index (χ1v) is 5.63. The van der Waals surface area contributed by atoms with Crippen LogP contribution in [0.1, 0.15) is 0 Å². The first-order valence-electron chi connectivity index (χ1n) is 5.63.